The maximum absolute atomic E-state index is 13.1. The van der Waals surface area contributed by atoms with Crippen LogP contribution in [-0.4, -0.2) is 46.4 Å². The van der Waals surface area contributed by atoms with Crippen molar-refractivity contribution in [2.45, 2.75) is 37.5 Å². The van der Waals surface area contributed by atoms with E-state index in [2.05, 4.69) is 32.4 Å². The summed E-state index contributed by atoms with van der Waals surface area (Å²) in [6, 6.07) is 9.40. The number of amides is 2. The maximum Gasteiger partial charge on any atom is 0.246 e. The van der Waals surface area contributed by atoms with Crippen LogP contribution < -0.4 is 10.6 Å². The Labute approximate surface area is 166 Å². The van der Waals surface area contributed by atoms with Crippen molar-refractivity contribution < 1.29 is 9.59 Å². The highest BCUT2D eigenvalue weighted by Gasteiger charge is 2.46. The van der Waals surface area contributed by atoms with E-state index < -0.39 is 6.04 Å². The van der Waals surface area contributed by atoms with Gasteiger partial charge in [-0.3, -0.25) is 9.59 Å². The summed E-state index contributed by atoms with van der Waals surface area (Å²) in [5.41, 5.74) is 3.34. The number of hydrogen-bond acceptors (Lipinski definition) is 4. The molecule has 5 rings (SSSR count). The van der Waals surface area contributed by atoms with Crippen molar-refractivity contribution in [2.24, 2.45) is 0 Å². The fourth-order valence-electron chi connectivity index (χ4n) is 4.32. The maximum atomic E-state index is 13.1. The number of thiophene rings is 1. The van der Waals surface area contributed by atoms with Gasteiger partial charge >= 0.3 is 0 Å². The Morgan fingerprint density at radius 2 is 2.11 bits per heavy atom. The minimum Gasteiger partial charge on any atom is -0.361 e. The van der Waals surface area contributed by atoms with Crippen LogP contribution in [0.2, 0.25) is 0 Å². The molecule has 2 aromatic heterocycles. The van der Waals surface area contributed by atoms with Crippen molar-refractivity contribution >= 4 is 34.1 Å². The van der Waals surface area contributed by atoms with Crippen molar-refractivity contribution in [3.05, 3.63) is 58.4 Å². The molecule has 144 valence electrons. The molecule has 0 bridgehead atoms. The van der Waals surface area contributed by atoms with E-state index in [0.29, 0.717) is 19.4 Å². The molecule has 2 aliphatic rings. The lowest BCUT2D eigenvalue weighted by Crippen LogP contribution is -2.61. The minimum absolute atomic E-state index is 0.0229. The summed E-state index contributed by atoms with van der Waals surface area (Å²) in [5.74, 6) is -0.0148. The molecule has 3 aromatic rings. The zero-order valence-corrected chi connectivity index (χ0v) is 16.2. The number of fused-ring (bicyclic) bond motifs is 2. The number of H-pyrrole nitrogens is 1. The Kier molecular flexibility index (Phi) is 4.41. The van der Waals surface area contributed by atoms with Crippen LogP contribution in [0.25, 0.3) is 10.9 Å². The predicted molar refractivity (Wildman–Crippen MR) is 109 cm³/mol. The molecule has 3 atom stereocenters. The van der Waals surface area contributed by atoms with E-state index in [-0.39, 0.29) is 23.9 Å². The van der Waals surface area contributed by atoms with Gasteiger partial charge < -0.3 is 20.5 Å². The first kappa shape index (κ1) is 17.5. The van der Waals surface area contributed by atoms with Crippen molar-refractivity contribution in [1.82, 2.24) is 20.5 Å². The van der Waals surface area contributed by atoms with Gasteiger partial charge in [0.05, 0.1) is 0 Å². The number of hydrogen-bond donors (Lipinski definition) is 3. The van der Waals surface area contributed by atoms with Gasteiger partial charge in [0, 0.05) is 42.7 Å². The predicted octanol–water partition coefficient (Wildman–Crippen LogP) is 2.03. The highest BCUT2D eigenvalue weighted by Crippen LogP contribution is 2.26. The van der Waals surface area contributed by atoms with E-state index in [1.807, 2.05) is 30.5 Å². The molecule has 0 saturated carbocycles. The second-order valence-corrected chi connectivity index (χ2v) is 8.36. The number of para-hydroxylation sites is 1. The van der Waals surface area contributed by atoms with Gasteiger partial charge in [0.25, 0.3) is 0 Å². The minimum atomic E-state index is -0.501. The first-order valence-corrected chi connectivity index (χ1v) is 10.5. The van der Waals surface area contributed by atoms with Crippen LogP contribution in [0.4, 0.5) is 0 Å². The van der Waals surface area contributed by atoms with Crippen LogP contribution in [-0.2, 0) is 22.6 Å². The lowest BCUT2D eigenvalue weighted by molar-refractivity contribution is -0.146. The molecule has 1 aromatic carbocycles. The van der Waals surface area contributed by atoms with Crippen molar-refractivity contribution in [2.75, 3.05) is 6.54 Å². The average Bonchev–Trinajstić information content (AvgIpc) is 3.44. The zero-order chi connectivity index (χ0) is 19.1. The Balaban J connectivity index is 1.28. The molecule has 4 heterocycles. The molecule has 0 radical (unpaired) electrons. The summed E-state index contributed by atoms with van der Waals surface area (Å²) in [6.45, 7) is 1.36. The molecule has 0 spiro atoms. The van der Waals surface area contributed by atoms with Gasteiger partial charge in [-0.05, 0) is 40.4 Å². The lowest BCUT2D eigenvalue weighted by Gasteiger charge is -2.34. The summed E-state index contributed by atoms with van der Waals surface area (Å²) in [4.78, 5) is 30.7. The van der Waals surface area contributed by atoms with E-state index in [4.69, 9.17) is 0 Å². The quantitative estimate of drug-likeness (QED) is 0.620. The summed E-state index contributed by atoms with van der Waals surface area (Å²) in [5, 5.41) is 11.7. The molecule has 7 heteroatoms. The van der Waals surface area contributed by atoms with E-state index in [0.717, 1.165) is 23.0 Å². The summed E-state index contributed by atoms with van der Waals surface area (Å²) < 4.78 is 0. The Morgan fingerprint density at radius 1 is 1.21 bits per heavy atom. The van der Waals surface area contributed by atoms with Crippen molar-refractivity contribution in [3.8, 4) is 0 Å². The van der Waals surface area contributed by atoms with Crippen LogP contribution in [0, 0.1) is 0 Å². The molecule has 3 N–H and O–H groups in total. The summed E-state index contributed by atoms with van der Waals surface area (Å²) in [7, 11) is 0. The van der Waals surface area contributed by atoms with E-state index in [1.54, 1.807) is 16.2 Å². The molecule has 28 heavy (non-hydrogen) atoms. The lowest BCUT2D eigenvalue weighted by atomic mass is 10.0. The SMILES string of the molecule is O=C1N[C@@H](Cc2c[nH]c3ccccc23)C(=O)N2C[C@@H](NCc3ccsc3)C[C@@H]12. The third-order valence-corrected chi connectivity index (χ3v) is 6.51. The standard InChI is InChI=1S/C21H22N4O2S/c26-20-19-8-15(22-9-13-5-6-28-12-13)11-25(19)21(27)18(24-20)7-14-10-23-17-4-2-1-3-16(14)17/h1-6,10,12,15,18-19,22-23H,7-9,11H2,(H,24,26)/t15-,18-,19-/m0/s1. The third kappa shape index (κ3) is 3.10. The van der Waals surface area contributed by atoms with Gasteiger partial charge in [0.1, 0.15) is 12.1 Å². The fourth-order valence-corrected chi connectivity index (χ4v) is 4.99. The van der Waals surface area contributed by atoms with E-state index >= 15 is 0 Å². The number of carbonyl (C=O) groups excluding carboxylic acids is 2. The molecular formula is C21H22N4O2S. The van der Waals surface area contributed by atoms with E-state index in [1.165, 1.54) is 5.56 Å². The fraction of sp³-hybridized carbons (Fsp3) is 0.333. The van der Waals surface area contributed by atoms with Gasteiger partial charge in [-0.15, -0.1) is 0 Å². The second-order valence-electron chi connectivity index (χ2n) is 7.58. The number of aromatic nitrogens is 1. The highest BCUT2D eigenvalue weighted by molar-refractivity contribution is 7.07. The number of piperazine rings is 1. The van der Waals surface area contributed by atoms with Crippen molar-refractivity contribution in [1.29, 1.82) is 0 Å². The first-order valence-electron chi connectivity index (χ1n) is 9.59. The van der Waals surface area contributed by atoms with Crippen LogP contribution in [0.3, 0.4) is 0 Å². The van der Waals surface area contributed by atoms with Gasteiger partial charge in [0.15, 0.2) is 0 Å². The third-order valence-electron chi connectivity index (χ3n) is 5.78. The van der Waals surface area contributed by atoms with Gasteiger partial charge in [-0.2, -0.15) is 11.3 Å². The molecule has 6 nitrogen and oxygen atoms in total. The first-order chi connectivity index (χ1) is 13.7. The Bertz CT molecular complexity index is 1010. The molecule has 2 fully saturated rings. The number of nitrogens with zero attached hydrogens (tertiary/aromatic N) is 1. The van der Waals surface area contributed by atoms with Gasteiger partial charge in [0.2, 0.25) is 11.8 Å². The van der Waals surface area contributed by atoms with Gasteiger partial charge in [-0.1, -0.05) is 18.2 Å². The molecule has 2 saturated heterocycles. The average molecular weight is 395 g/mol. The number of carbonyl (C=O) groups is 2. The van der Waals surface area contributed by atoms with Crippen LogP contribution in [0.5, 0.6) is 0 Å². The van der Waals surface area contributed by atoms with Crippen LogP contribution in [0.1, 0.15) is 17.5 Å². The zero-order valence-electron chi connectivity index (χ0n) is 15.4. The monoisotopic (exact) mass is 394 g/mol. The Morgan fingerprint density at radius 3 is 2.96 bits per heavy atom. The van der Waals surface area contributed by atoms with Crippen LogP contribution >= 0.6 is 11.3 Å². The van der Waals surface area contributed by atoms with Crippen LogP contribution in [0.15, 0.2) is 47.3 Å². The van der Waals surface area contributed by atoms with Crippen molar-refractivity contribution in [3.63, 3.8) is 0 Å². The number of aromatic amines is 1. The number of nitrogens with one attached hydrogen (secondary N) is 3. The molecule has 0 unspecified atom stereocenters. The number of rotatable bonds is 5. The summed E-state index contributed by atoms with van der Waals surface area (Å²) >= 11 is 1.67. The normalized spacial score (nSPS) is 24.6. The molecular weight excluding hydrogens is 372 g/mol. The number of benzene rings is 1. The molecule has 2 aliphatic heterocycles. The Hall–Kier alpha value is -2.64. The smallest absolute Gasteiger partial charge is 0.246 e. The molecule has 0 aliphatic carbocycles. The highest BCUT2D eigenvalue weighted by atomic mass is 32.1. The summed E-state index contributed by atoms with van der Waals surface area (Å²) in [6.07, 6.45) is 3.11. The van der Waals surface area contributed by atoms with E-state index in [9.17, 15) is 9.59 Å². The largest absolute Gasteiger partial charge is 0.361 e. The second kappa shape index (κ2) is 7.07. The molecule has 2 amide bonds. The topological polar surface area (TPSA) is 77.2 Å². The van der Waals surface area contributed by atoms with Gasteiger partial charge in [-0.25, -0.2) is 0 Å².